The summed E-state index contributed by atoms with van der Waals surface area (Å²) in [6.07, 6.45) is 2.76. The van der Waals surface area contributed by atoms with Crippen molar-refractivity contribution >= 4 is 5.91 Å². The van der Waals surface area contributed by atoms with Crippen molar-refractivity contribution in [2.75, 3.05) is 39.3 Å². The molecule has 1 aliphatic heterocycles. The van der Waals surface area contributed by atoms with E-state index in [2.05, 4.69) is 36.3 Å². The first-order valence-electron chi connectivity index (χ1n) is 7.17. The summed E-state index contributed by atoms with van der Waals surface area (Å²) in [6, 6.07) is 0. The summed E-state index contributed by atoms with van der Waals surface area (Å²) in [4.78, 5) is 14.0. The van der Waals surface area contributed by atoms with Crippen LogP contribution < -0.4 is 10.6 Å². The van der Waals surface area contributed by atoms with E-state index in [0.717, 1.165) is 52.1 Å². The zero-order valence-electron chi connectivity index (χ0n) is 12.2. The Morgan fingerprint density at radius 3 is 2.56 bits per heavy atom. The Hall–Kier alpha value is -0.610. The van der Waals surface area contributed by atoms with Crippen LogP contribution in [0.5, 0.6) is 0 Å². The maximum Gasteiger partial charge on any atom is 0.220 e. The number of rotatable bonds is 6. The van der Waals surface area contributed by atoms with E-state index < -0.39 is 0 Å². The van der Waals surface area contributed by atoms with Crippen LogP contribution in [-0.2, 0) is 4.79 Å². The second-order valence-corrected chi connectivity index (χ2v) is 6.36. The fourth-order valence-electron chi connectivity index (χ4n) is 2.16. The van der Waals surface area contributed by atoms with Crippen molar-refractivity contribution in [1.82, 2.24) is 15.5 Å². The van der Waals surface area contributed by atoms with Gasteiger partial charge >= 0.3 is 0 Å². The molecule has 106 valence electrons. The molecule has 1 amide bonds. The molecule has 1 aliphatic rings. The number of carbonyl (C=O) groups is 1. The van der Waals surface area contributed by atoms with Crippen LogP contribution in [0.4, 0.5) is 0 Å². The van der Waals surface area contributed by atoms with E-state index in [0.29, 0.717) is 11.8 Å². The maximum atomic E-state index is 11.6. The van der Waals surface area contributed by atoms with Gasteiger partial charge in [0.15, 0.2) is 0 Å². The third-order valence-corrected chi connectivity index (χ3v) is 3.29. The Morgan fingerprint density at radius 2 is 1.94 bits per heavy atom. The van der Waals surface area contributed by atoms with Crippen LogP contribution in [0, 0.1) is 5.41 Å². The highest BCUT2D eigenvalue weighted by Gasteiger charge is 2.12. The first-order chi connectivity index (χ1) is 8.47. The quantitative estimate of drug-likeness (QED) is 0.750. The second-order valence-electron chi connectivity index (χ2n) is 6.36. The Balaban J connectivity index is 1.99. The fourth-order valence-corrected chi connectivity index (χ4v) is 2.16. The molecule has 0 bridgehead atoms. The molecule has 0 aromatic heterocycles. The lowest BCUT2D eigenvalue weighted by molar-refractivity contribution is -0.121. The molecule has 0 radical (unpaired) electrons. The van der Waals surface area contributed by atoms with Gasteiger partial charge in [-0.05, 0) is 18.3 Å². The summed E-state index contributed by atoms with van der Waals surface area (Å²) in [6.45, 7) is 12.7. The van der Waals surface area contributed by atoms with Gasteiger partial charge in [-0.1, -0.05) is 20.8 Å². The van der Waals surface area contributed by atoms with Gasteiger partial charge in [-0.25, -0.2) is 0 Å². The summed E-state index contributed by atoms with van der Waals surface area (Å²) in [5, 5.41) is 6.34. The normalized spacial score (nSPS) is 17.7. The summed E-state index contributed by atoms with van der Waals surface area (Å²) in [5.74, 6) is 0.203. The molecule has 0 aromatic rings. The van der Waals surface area contributed by atoms with Crippen LogP contribution in [0.3, 0.4) is 0 Å². The summed E-state index contributed by atoms with van der Waals surface area (Å²) in [5.41, 5.74) is 0.334. The Labute approximate surface area is 111 Å². The second kappa shape index (κ2) is 7.74. The van der Waals surface area contributed by atoms with Crippen LogP contribution in [0.1, 0.15) is 40.0 Å². The molecule has 0 spiro atoms. The van der Waals surface area contributed by atoms with Gasteiger partial charge in [-0.2, -0.15) is 0 Å². The Kier molecular flexibility index (Phi) is 6.65. The summed E-state index contributed by atoms with van der Waals surface area (Å²) in [7, 11) is 0. The molecule has 1 saturated heterocycles. The van der Waals surface area contributed by atoms with Crippen molar-refractivity contribution in [1.29, 1.82) is 0 Å². The molecule has 0 atom stereocenters. The van der Waals surface area contributed by atoms with Gasteiger partial charge in [0.25, 0.3) is 0 Å². The molecule has 0 unspecified atom stereocenters. The van der Waals surface area contributed by atoms with E-state index in [1.54, 1.807) is 0 Å². The minimum atomic E-state index is 0.203. The van der Waals surface area contributed by atoms with Crippen molar-refractivity contribution in [3.8, 4) is 0 Å². The van der Waals surface area contributed by atoms with Crippen LogP contribution in [-0.4, -0.2) is 50.1 Å². The summed E-state index contributed by atoms with van der Waals surface area (Å²) >= 11 is 0. The lowest BCUT2D eigenvalue weighted by atomic mass is 9.90. The molecule has 0 saturated carbocycles. The molecule has 4 heteroatoms. The minimum Gasteiger partial charge on any atom is -0.355 e. The van der Waals surface area contributed by atoms with Crippen molar-refractivity contribution in [3.05, 3.63) is 0 Å². The average Bonchev–Trinajstić information content (AvgIpc) is 2.28. The molecule has 1 fully saturated rings. The highest BCUT2D eigenvalue weighted by Crippen LogP contribution is 2.21. The van der Waals surface area contributed by atoms with Gasteiger partial charge in [0.05, 0.1) is 0 Å². The van der Waals surface area contributed by atoms with Gasteiger partial charge in [-0.3, -0.25) is 9.69 Å². The van der Waals surface area contributed by atoms with E-state index >= 15 is 0 Å². The molecule has 1 heterocycles. The first kappa shape index (κ1) is 15.4. The van der Waals surface area contributed by atoms with Crippen molar-refractivity contribution < 1.29 is 4.79 Å². The SMILES string of the molecule is CC(C)(C)CCCC(=O)NCCN1CCNCC1. The fraction of sp³-hybridized carbons (Fsp3) is 0.929. The number of nitrogens with one attached hydrogen (secondary N) is 2. The zero-order valence-corrected chi connectivity index (χ0v) is 12.2. The average molecular weight is 255 g/mol. The zero-order chi connectivity index (χ0) is 13.4. The van der Waals surface area contributed by atoms with Crippen LogP contribution >= 0.6 is 0 Å². The molecular weight excluding hydrogens is 226 g/mol. The smallest absolute Gasteiger partial charge is 0.220 e. The van der Waals surface area contributed by atoms with Gasteiger partial charge in [-0.15, -0.1) is 0 Å². The van der Waals surface area contributed by atoms with Gasteiger partial charge in [0.1, 0.15) is 0 Å². The van der Waals surface area contributed by atoms with Gasteiger partial charge in [0.2, 0.25) is 5.91 Å². The third-order valence-electron chi connectivity index (χ3n) is 3.29. The minimum absolute atomic E-state index is 0.203. The van der Waals surface area contributed by atoms with Crippen LogP contribution in [0.25, 0.3) is 0 Å². The predicted octanol–water partition coefficient (Wildman–Crippen LogP) is 1.22. The molecular formula is C14H29N3O. The van der Waals surface area contributed by atoms with Crippen molar-refractivity contribution in [2.24, 2.45) is 5.41 Å². The standard InChI is InChI=1S/C14H29N3O/c1-14(2,3)6-4-5-13(18)16-9-12-17-10-7-15-8-11-17/h15H,4-12H2,1-3H3,(H,16,18). The third kappa shape index (κ3) is 7.67. The lowest BCUT2D eigenvalue weighted by Crippen LogP contribution is -2.46. The monoisotopic (exact) mass is 255 g/mol. The molecule has 0 aliphatic carbocycles. The predicted molar refractivity (Wildman–Crippen MR) is 75.6 cm³/mol. The van der Waals surface area contributed by atoms with Gasteiger partial charge in [0, 0.05) is 45.7 Å². The topological polar surface area (TPSA) is 44.4 Å². The van der Waals surface area contributed by atoms with E-state index in [-0.39, 0.29) is 5.91 Å². The van der Waals surface area contributed by atoms with Crippen molar-refractivity contribution in [3.63, 3.8) is 0 Å². The maximum absolute atomic E-state index is 11.6. The van der Waals surface area contributed by atoms with Gasteiger partial charge < -0.3 is 10.6 Å². The number of nitrogens with zero attached hydrogens (tertiary/aromatic N) is 1. The Morgan fingerprint density at radius 1 is 1.28 bits per heavy atom. The number of hydrogen-bond acceptors (Lipinski definition) is 3. The molecule has 0 aromatic carbocycles. The molecule has 4 nitrogen and oxygen atoms in total. The lowest BCUT2D eigenvalue weighted by Gasteiger charge is -2.27. The number of carbonyl (C=O) groups excluding carboxylic acids is 1. The summed E-state index contributed by atoms with van der Waals surface area (Å²) < 4.78 is 0. The van der Waals surface area contributed by atoms with E-state index in [1.165, 1.54) is 0 Å². The Bertz CT molecular complexity index is 242. The van der Waals surface area contributed by atoms with Crippen molar-refractivity contribution in [2.45, 2.75) is 40.0 Å². The number of hydrogen-bond donors (Lipinski definition) is 2. The highest BCUT2D eigenvalue weighted by atomic mass is 16.1. The van der Waals surface area contributed by atoms with E-state index in [1.807, 2.05) is 0 Å². The largest absolute Gasteiger partial charge is 0.355 e. The van der Waals surface area contributed by atoms with E-state index in [9.17, 15) is 4.79 Å². The molecule has 18 heavy (non-hydrogen) atoms. The number of amides is 1. The number of piperazine rings is 1. The van der Waals surface area contributed by atoms with Crippen LogP contribution in [0.15, 0.2) is 0 Å². The molecule has 2 N–H and O–H groups in total. The first-order valence-corrected chi connectivity index (χ1v) is 7.17. The van der Waals surface area contributed by atoms with Crippen LogP contribution in [0.2, 0.25) is 0 Å². The van der Waals surface area contributed by atoms with E-state index in [4.69, 9.17) is 0 Å². The highest BCUT2D eigenvalue weighted by molar-refractivity contribution is 5.75. The molecule has 1 rings (SSSR count).